The molecule has 1 atom stereocenters. The highest BCUT2D eigenvalue weighted by atomic mass is 35.5. The van der Waals surface area contributed by atoms with Crippen molar-refractivity contribution in [2.45, 2.75) is 32.3 Å². The molecule has 0 saturated carbocycles. The van der Waals surface area contributed by atoms with Crippen molar-refractivity contribution >= 4 is 17.6 Å². The summed E-state index contributed by atoms with van der Waals surface area (Å²) in [4.78, 5) is 11.2. The first kappa shape index (κ1) is 14.0. The van der Waals surface area contributed by atoms with Gasteiger partial charge in [0.15, 0.2) is 0 Å². The molecule has 1 aromatic carbocycles. The first-order valence-corrected chi connectivity index (χ1v) is 5.98. The van der Waals surface area contributed by atoms with E-state index in [4.69, 9.17) is 16.3 Å². The Morgan fingerprint density at radius 2 is 1.94 bits per heavy atom. The number of carbonyl (C=O) groups is 1. The van der Waals surface area contributed by atoms with Gasteiger partial charge in [0.05, 0.1) is 12.0 Å². The van der Waals surface area contributed by atoms with Crippen LogP contribution in [-0.2, 0) is 9.53 Å². The van der Waals surface area contributed by atoms with E-state index in [-0.39, 0.29) is 6.10 Å². The molecule has 0 bridgehead atoms. The molecule has 0 radical (unpaired) electrons. The smallest absolute Gasteiger partial charge is 0.311 e. The number of hydrogen-bond acceptors (Lipinski definition) is 2. The topological polar surface area (TPSA) is 46.5 Å². The molecular formula is C13H17ClO3. The van der Waals surface area contributed by atoms with Crippen LogP contribution >= 0.6 is 11.6 Å². The van der Waals surface area contributed by atoms with Crippen LogP contribution < -0.4 is 0 Å². The lowest BCUT2D eigenvalue weighted by Crippen LogP contribution is -2.15. The molecule has 0 fully saturated rings. The summed E-state index contributed by atoms with van der Waals surface area (Å²) in [6, 6.07) is 6.90. The molecule has 1 unspecified atom stereocenters. The maximum absolute atomic E-state index is 11.2. The van der Waals surface area contributed by atoms with Gasteiger partial charge >= 0.3 is 5.97 Å². The van der Waals surface area contributed by atoms with Crippen LogP contribution in [0.4, 0.5) is 0 Å². The van der Waals surface area contributed by atoms with Crippen LogP contribution in [-0.4, -0.2) is 23.8 Å². The van der Waals surface area contributed by atoms with Crippen molar-refractivity contribution in [3.63, 3.8) is 0 Å². The van der Waals surface area contributed by atoms with Crippen molar-refractivity contribution < 1.29 is 14.6 Å². The Balaban J connectivity index is 2.66. The highest BCUT2D eigenvalue weighted by molar-refractivity contribution is 6.30. The number of carboxylic acids is 1. The van der Waals surface area contributed by atoms with E-state index in [0.717, 1.165) is 5.56 Å². The molecule has 94 valence electrons. The Labute approximate surface area is 106 Å². The average molecular weight is 257 g/mol. The van der Waals surface area contributed by atoms with E-state index in [1.54, 1.807) is 24.3 Å². The highest BCUT2D eigenvalue weighted by Crippen LogP contribution is 2.22. The van der Waals surface area contributed by atoms with Gasteiger partial charge in [-0.2, -0.15) is 0 Å². The van der Waals surface area contributed by atoms with Gasteiger partial charge in [-0.1, -0.05) is 23.7 Å². The molecule has 0 amide bonds. The minimum Gasteiger partial charge on any atom is -0.481 e. The quantitative estimate of drug-likeness (QED) is 0.849. The predicted octanol–water partition coefficient (Wildman–Crippen LogP) is 3.32. The summed E-state index contributed by atoms with van der Waals surface area (Å²) in [7, 11) is 0. The number of ether oxygens (including phenoxy) is 1. The molecule has 1 aromatic rings. The van der Waals surface area contributed by atoms with Crippen LogP contribution in [0.15, 0.2) is 24.3 Å². The summed E-state index contributed by atoms with van der Waals surface area (Å²) in [6.45, 7) is 4.30. The molecule has 0 aromatic heterocycles. The fourth-order valence-corrected chi connectivity index (χ4v) is 1.68. The highest BCUT2D eigenvalue weighted by Gasteiger charge is 2.19. The number of aliphatic carboxylic acids is 1. The first-order chi connectivity index (χ1) is 8.00. The zero-order chi connectivity index (χ0) is 12.8. The summed E-state index contributed by atoms with van der Waals surface area (Å²) in [6.07, 6.45) is 0.587. The molecule has 0 spiro atoms. The third-order valence-corrected chi connectivity index (χ3v) is 2.68. The van der Waals surface area contributed by atoms with Crippen molar-refractivity contribution in [1.29, 1.82) is 0 Å². The molecular weight excluding hydrogens is 240 g/mol. The summed E-state index contributed by atoms with van der Waals surface area (Å²) >= 11 is 5.77. The molecule has 0 heterocycles. The molecule has 4 heteroatoms. The molecule has 0 aliphatic rings. The average Bonchev–Trinajstić information content (AvgIpc) is 2.25. The number of carboxylic acid groups (broad SMARTS) is 1. The fraction of sp³-hybridized carbons (Fsp3) is 0.462. The van der Waals surface area contributed by atoms with Gasteiger partial charge < -0.3 is 9.84 Å². The lowest BCUT2D eigenvalue weighted by Gasteiger charge is -2.14. The van der Waals surface area contributed by atoms with Crippen LogP contribution in [0, 0.1) is 0 Å². The van der Waals surface area contributed by atoms with Gasteiger partial charge in [-0.3, -0.25) is 4.79 Å². The van der Waals surface area contributed by atoms with E-state index in [9.17, 15) is 9.90 Å². The predicted molar refractivity (Wildman–Crippen MR) is 67.5 cm³/mol. The maximum Gasteiger partial charge on any atom is 0.311 e. The first-order valence-electron chi connectivity index (χ1n) is 5.60. The van der Waals surface area contributed by atoms with Gasteiger partial charge in [0.2, 0.25) is 0 Å². The van der Waals surface area contributed by atoms with Gasteiger partial charge in [0.1, 0.15) is 0 Å². The number of rotatable bonds is 6. The second-order valence-electron chi connectivity index (χ2n) is 4.15. The number of benzene rings is 1. The SMILES string of the molecule is CC(C)OCCC(C(=O)O)c1ccc(Cl)cc1. The molecule has 1 N–H and O–H groups in total. The molecule has 0 aliphatic heterocycles. The van der Waals surface area contributed by atoms with Crippen LogP contribution in [0.1, 0.15) is 31.7 Å². The molecule has 0 aliphatic carbocycles. The number of hydrogen-bond donors (Lipinski definition) is 1. The van der Waals surface area contributed by atoms with Crippen molar-refractivity contribution in [1.82, 2.24) is 0 Å². The molecule has 17 heavy (non-hydrogen) atoms. The van der Waals surface area contributed by atoms with Crippen molar-refractivity contribution in [3.05, 3.63) is 34.9 Å². The Morgan fingerprint density at radius 1 is 1.35 bits per heavy atom. The third-order valence-electron chi connectivity index (χ3n) is 2.43. The largest absolute Gasteiger partial charge is 0.481 e. The normalized spacial score (nSPS) is 12.7. The molecule has 1 rings (SSSR count). The Bertz CT molecular complexity index is 359. The second-order valence-corrected chi connectivity index (χ2v) is 4.59. The van der Waals surface area contributed by atoms with E-state index in [2.05, 4.69) is 0 Å². The summed E-state index contributed by atoms with van der Waals surface area (Å²) < 4.78 is 5.38. The number of halogens is 1. The van der Waals surface area contributed by atoms with Crippen LogP contribution in [0.3, 0.4) is 0 Å². The lowest BCUT2D eigenvalue weighted by atomic mass is 9.96. The summed E-state index contributed by atoms with van der Waals surface area (Å²) in [5.74, 6) is -1.37. The van der Waals surface area contributed by atoms with E-state index in [1.165, 1.54) is 0 Å². The minimum absolute atomic E-state index is 0.120. The second kappa shape index (κ2) is 6.62. The van der Waals surface area contributed by atoms with Gasteiger partial charge in [-0.05, 0) is 38.0 Å². The van der Waals surface area contributed by atoms with Gasteiger partial charge in [0.25, 0.3) is 0 Å². The molecule has 0 saturated heterocycles. The zero-order valence-electron chi connectivity index (χ0n) is 10.0. The van der Waals surface area contributed by atoms with Crippen LogP contribution in [0.5, 0.6) is 0 Å². The van der Waals surface area contributed by atoms with Crippen LogP contribution in [0.2, 0.25) is 5.02 Å². The standard InChI is InChI=1S/C13H17ClO3/c1-9(2)17-8-7-12(13(15)16)10-3-5-11(14)6-4-10/h3-6,9,12H,7-8H2,1-2H3,(H,15,16). The zero-order valence-corrected chi connectivity index (χ0v) is 10.8. The van der Waals surface area contributed by atoms with E-state index in [0.29, 0.717) is 18.1 Å². The monoisotopic (exact) mass is 256 g/mol. The van der Waals surface area contributed by atoms with Crippen LogP contribution in [0.25, 0.3) is 0 Å². The van der Waals surface area contributed by atoms with Crippen molar-refractivity contribution in [2.75, 3.05) is 6.61 Å². The fourth-order valence-electron chi connectivity index (χ4n) is 1.55. The Kier molecular flexibility index (Phi) is 5.45. The summed E-state index contributed by atoms with van der Waals surface area (Å²) in [5.41, 5.74) is 0.759. The van der Waals surface area contributed by atoms with Gasteiger partial charge in [-0.25, -0.2) is 0 Å². The maximum atomic E-state index is 11.2. The molecule has 3 nitrogen and oxygen atoms in total. The summed E-state index contributed by atoms with van der Waals surface area (Å²) in [5, 5.41) is 9.78. The van der Waals surface area contributed by atoms with Crippen molar-refractivity contribution in [3.8, 4) is 0 Å². The van der Waals surface area contributed by atoms with Gasteiger partial charge in [0, 0.05) is 11.6 Å². The van der Waals surface area contributed by atoms with E-state index in [1.807, 2.05) is 13.8 Å². The third kappa shape index (κ3) is 4.75. The van der Waals surface area contributed by atoms with Gasteiger partial charge in [-0.15, -0.1) is 0 Å². The minimum atomic E-state index is -0.834. The Hall–Kier alpha value is -1.06. The van der Waals surface area contributed by atoms with E-state index < -0.39 is 11.9 Å². The lowest BCUT2D eigenvalue weighted by molar-refractivity contribution is -0.139. The van der Waals surface area contributed by atoms with Crippen molar-refractivity contribution in [2.24, 2.45) is 0 Å². The van der Waals surface area contributed by atoms with E-state index >= 15 is 0 Å². The Morgan fingerprint density at radius 3 is 2.41 bits per heavy atom.